The fraction of sp³-hybridized carbons (Fsp3) is 0.667. The minimum absolute atomic E-state index is 0.108. The molecule has 2 fully saturated rings. The second-order valence-corrected chi connectivity index (χ2v) is 8.56. The van der Waals surface area contributed by atoms with E-state index in [0.717, 1.165) is 57.7 Å². The van der Waals surface area contributed by atoms with Crippen molar-refractivity contribution in [1.29, 1.82) is 0 Å². The molecule has 144 valence electrons. The van der Waals surface area contributed by atoms with Gasteiger partial charge in [-0.15, -0.1) is 0 Å². The number of aryl methyl sites for hydroxylation is 1. The van der Waals surface area contributed by atoms with Crippen LogP contribution in [0.3, 0.4) is 0 Å². The Morgan fingerprint density at radius 2 is 2.04 bits per heavy atom. The number of amides is 1. The monoisotopic (exact) mass is 367 g/mol. The van der Waals surface area contributed by atoms with Gasteiger partial charge < -0.3 is 9.47 Å². The zero-order chi connectivity index (χ0) is 18.2. The number of nitrogens with one attached hydrogen (secondary N) is 1. The first kappa shape index (κ1) is 17.0. The van der Waals surface area contributed by atoms with Gasteiger partial charge in [-0.25, -0.2) is 4.98 Å². The maximum atomic E-state index is 13.2. The molecule has 6 nitrogen and oxygen atoms in total. The van der Waals surface area contributed by atoms with Crippen LogP contribution in [0.15, 0.2) is 12.4 Å². The molecule has 1 N–H and O–H groups in total. The molecule has 0 bridgehead atoms. The summed E-state index contributed by atoms with van der Waals surface area (Å²) in [6.45, 7) is 2.69. The summed E-state index contributed by atoms with van der Waals surface area (Å²) in [4.78, 5) is 19.9. The molecule has 1 saturated carbocycles. The van der Waals surface area contributed by atoms with Crippen molar-refractivity contribution in [2.45, 2.75) is 70.3 Å². The maximum absolute atomic E-state index is 13.2. The van der Waals surface area contributed by atoms with Crippen molar-refractivity contribution >= 4 is 5.91 Å². The second kappa shape index (κ2) is 7.13. The molecule has 0 aromatic carbocycles. The quantitative estimate of drug-likeness (QED) is 0.901. The van der Waals surface area contributed by atoms with Crippen molar-refractivity contribution in [3.05, 3.63) is 35.2 Å². The average Bonchev–Trinajstić information content (AvgIpc) is 3.31. The van der Waals surface area contributed by atoms with Crippen LogP contribution in [0.4, 0.5) is 0 Å². The molecular weight excluding hydrogens is 338 g/mol. The van der Waals surface area contributed by atoms with Crippen molar-refractivity contribution in [3.8, 4) is 0 Å². The van der Waals surface area contributed by atoms with Crippen LogP contribution in [0.2, 0.25) is 0 Å². The van der Waals surface area contributed by atoms with E-state index in [4.69, 9.17) is 0 Å². The summed E-state index contributed by atoms with van der Waals surface area (Å²) in [6, 6.07) is 0. The number of likely N-dealkylation sites (tertiary alicyclic amines) is 1. The van der Waals surface area contributed by atoms with Crippen LogP contribution < -0.4 is 0 Å². The smallest absolute Gasteiger partial charge is 0.274 e. The minimum Gasteiger partial charge on any atom is -0.337 e. The van der Waals surface area contributed by atoms with Gasteiger partial charge in [0, 0.05) is 49.2 Å². The molecule has 0 spiro atoms. The number of rotatable bonds is 4. The predicted octanol–water partition coefficient (Wildman–Crippen LogP) is 3.30. The van der Waals surface area contributed by atoms with E-state index in [-0.39, 0.29) is 5.91 Å². The van der Waals surface area contributed by atoms with Gasteiger partial charge in [0.15, 0.2) is 5.69 Å². The number of carbonyl (C=O) groups is 1. The number of aromatic nitrogens is 4. The molecule has 1 atom stereocenters. The first-order chi connectivity index (χ1) is 13.3. The zero-order valence-corrected chi connectivity index (χ0v) is 16.0. The lowest BCUT2D eigenvalue weighted by atomic mass is 9.85. The SMILES string of the molecule is O=C(c1n[nH]c2c1CCCC2)N1CCC[C@H](c2nccn2CC2CCC2)C1. The highest BCUT2D eigenvalue weighted by atomic mass is 16.2. The van der Waals surface area contributed by atoms with Gasteiger partial charge in [-0.3, -0.25) is 9.89 Å². The van der Waals surface area contributed by atoms with E-state index in [9.17, 15) is 4.79 Å². The summed E-state index contributed by atoms with van der Waals surface area (Å²) in [5.74, 6) is 2.43. The topological polar surface area (TPSA) is 66.8 Å². The van der Waals surface area contributed by atoms with E-state index in [2.05, 4.69) is 25.9 Å². The van der Waals surface area contributed by atoms with Crippen molar-refractivity contribution in [3.63, 3.8) is 0 Å². The first-order valence-corrected chi connectivity index (χ1v) is 10.7. The summed E-state index contributed by atoms with van der Waals surface area (Å²) >= 11 is 0. The molecule has 0 radical (unpaired) electrons. The summed E-state index contributed by atoms with van der Waals surface area (Å²) in [5, 5.41) is 7.51. The molecule has 5 rings (SSSR count). The third-order valence-electron chi connectivity index (χ3n) is 6.76. The number of imidazole rings is 1. The molecule has 1 saturated heterocycles. The van der Waals surface area contributed by atoms with E-state index < -0.39 is 0 Å². The lowest BCUT2D eigenvalue weighted by molar-refractivity contribution is 0.0695. The molecule has 3 heterocycles. The first-order valence-electron chi connectivity index (χ1n) is 10.7. The van der Waals surface area contributed by atoms with Crippen LogP contribution >= 0.6 is 0 Å². The van der Waals surface area contributed by atoms with Crippen LogP contribution in [0.1, 0.15) is 78.4 Å². The van der Waals surface area contributed by atoms with E-state index in [1.165, 1.54) is 42.8 Å². The maximum Gasteiger partial charge on any atom is 0.274 e. The Kier molecular flexibility index (Phi) is 4.50. The number of carbonyl (C=O) groups excluding carboxylic acids is 1. The number of H-pyrrole nitrogens is 1. The second-order valence-electron chi connectivity index (χ2n) is 8.56. The van der Waals surface area contributed by atoms with Crippen LogP contribution in [-0.2, 0) is 19.4 Å². The van der Waals surface area contributed by atoms with Crippen LogP contribution in [0.5, 0.6) is 0 Å². The van der Waals surface area contributed by atoms with Crippen molar-refractivity contribution in [2.75, 3.05) is 13.1 Å². The number of hydrogen-bond donors (Lipinski definition) is 1. The van der Waals surface area contributed by atoms with E-state index in [1.54, 1.807) is 0 Å². The standard InChI is InChI=1S/C21H29N5O/c27-21(19-17-8-1-2-9-18(17)23-24-19)26-11-4-7-16(14-26)20-22-10-12-25(20)13-15-5-3-6-15/h10,12,15-16H,1-9,11,13-14H2,(H,23,24)/t16-/m0/s1. The molecule has 6 heteroatoms. The fourth-order valence-corrected chi connectivity index (χ4v) is 4.97. The van der Waals surface area contributed by atoms with Gasteiger partial charge in [-0.2, -0.15) is 5.10 Å². The summed E-state index contributed by atoms with van der Waals surface area (Å²) in [6.07, 6.45) is 14.6. The van der Waals surface area contributed by atoms with Crippen LogP contribution in [-0.4, -0.2) is 43.6 Å². The molecule has 2 aromatic rings. The van der Waals surface area contributed by atoms with Gasteiger partial charge in [-0.1, -0.05) is 6.42 Å². The Labute approximate surface area is 160 Å². The van der Waals surface area contributed by atoms with Crippen LogP contribution in [0, 0.1) is 5.92 Å². The van der Waals surface area contributed by atoms with Crippen molar-refractivity contribution in [1.82, 2.24) is 24.6 Å². The molecular formula is C21H29N5O. The number of nitrogens with zero attached hydrogens (tertiary/aromatic N) is 4. The Bertz CT molecular complexity index is 818. The van der Waals surface area contributed by atoms with E-state index in [0.29, 0.717) is 11.6 Å². The minimum atomic E-state index is 0.108. The summed E-state index contributed by atoms with van der Waals surface area (Å²) in [5.41, 5.74) is 3.01. The highest BCUT2D eigenvalue weighted by Crippen LogP contribution is 2.32. The Hall–Kier alpha value is -2.11. The van der Waals surface area contributed by atoms with Crippen molar-refractivity contribution < 1.29 is 4.79 Å². The van der Waals surface area contributed by atoms with Crippen LogP contribution in [0.25, 0.3) is 0 Å². The summed E-state index contributed by atoms with van der Waals surface area (Å²) in [7, 11) is 0. The van der Waals surface area contributed by atoms with Gasteiger partial charge in [0.05, 0.1) is 0 Å². The molecule has 2 aromatic heterocycles. The third kappa shape index (κ3) is 3.19. The molecule has 2 aliphatic carbocycles. The van der Waals surface area contributed by atoms with Gasteiger partial charge in [0.2, 0.25) is 0 Å². The van der Waals surface area contributed by atoms with Crippen molar-refractivity contribution in [2.24, 2.45) is 5.92 Å². The molecule has 0 unspecified atom stereocenters. The summed E-state index contributed by atoms with van der Waals surface area (Å²) < 4.78 is 2.35. The number of piperidine rings is 1. The fourth-order valence-electron chi connectivity index (χ4n) is 4.97. The highest BCUT2D eigenvalue weighted by molar-refractivity contribution is 5.94. The van der Waals surface area contributed by atoms with E-state index in [1.807, 2.05) is 11.1 Å². The largest absolute Gasteiger partial charge is 0.337 e. The Morgan fingerprint density at radius 3 is 2.89 bits per heavy atom. The van der Waals surface area contributed by atoms with Gasteiger partial charge in [0.25, 0.3) is 5.91 Å². The lowest BCUT2D eigenvalue weighted by Gasteiger charge is -2.33. The number of fused-ring (bicyclic) bond motifs is 1. The predicted molar refractivity (Wildman–Crippen MR) is 103 cm³/mol. The molecule has 27 heavy (non-hydrogen) atoms. The zero-order valence-electron chi connectivity index (χ0n) is 16.0. The average molecular weight is 367 g/mol. The molecule has 1 amide bonds. The normalized spacial score (nSPS) is 23.1. The van der Waals surface area contributed by atoms with Gasteiger partial charge >= 0.3 is 0 Å². The Balaban J connectivity index is 1.32. The van der Waals surface area contributed by atoms with Gasteiger partial charge in [0.1, 0.15) is 5.82 Å². The lowest BCUT2D eigenvalue weighted by Crippen LogP contribution is -2.40. The van der Waals surface area contributed by atoms with Gasteiger partial charge in [-0.05, 0) is 57.3 Å². The number of hydrogen-bond acceptors (Lipinski definition) is 3. The number of aromatic amines is 1. The molecule has 1 aliphatic heterocycles. The highest BCUT2D eigenvalue weighted by Gasteiger charge is 2.31. The van der Waals surface area contributed by atoms with E-state index >= 15 is 0 Å². The third-order valence-corrected chi connectivity index (χ3v) is 6.76. The Morgan fingerprint density at radius 1 is 1.15 bits per heavy atom. The molecule has 3 aliphatic rings.